The van der Waals surface area contributed by atoms with E-state index in [-0.39, 0.29) is 22.6 Å². The summed E-state index contributed by atoms with van der Waals surface area (Å²) in [4.78, 5) is 17.0. The second-order valence-electron chi connectivity index (χ2n) is 7.21. The Balaban J connectivity index is 1.48. The second-order valence-corrected chi connectivity index (χ2v) is 9.71. The molecule has 4 aromatic rings. The number of aromatic nitrogens is 4. The molecule has 0 radical (unpaired) electrons. The van der Waals surface area contributed by atoms with E-state index in [1.807, 2.05) is 34.9 Å². The van der Waals surface area contributed by atoms with Crippen LogP contribution in [0.3, 0.4) is 0 Å². The molecule has 0 aliphatic rings. The normalized spacial score (nSPS) is 11.7. The molecule has 1 amide bonds. The zero-order valence-corrected chi connectivity index (χ0v) is 19.4. The average Bonchev–Trinajstić information content (AvgIpc) is 3.40. The molecule has 3 N–H and O–H groups in total. The van der Waals surface area contributed by atoms with E-state index in [9.17, 15) is 13.2 Å². The van der Waals surface area contributed by atoms with Crippen molar-refractivity contribution in [3.63, 3.8) is 0 Å². The lowest BCUT2D eigenvalue weighted by Gasteiger charge is -2.08. The van der Waals surface area contributed by atoms with Gasteiger partial charge in [0.1, 0.15) is 0 Å². The maximum atomic E-state index is 12.5. The fourth-order valence-electron chi connectivity index (χ4n) is 3.16. The minimum absolute atomic E-state index is 0.00458. The number of primary sulfonamides is 1. The zero-order chi connectivity index (χ0) is 23.4. The SMILES string of the molecule is CCCCn1c(SCC(=O)Nc2nnc(-c3ccccc3)o2)nc2cc(S(N)(=O)=O)ccc21. The van der Waals surface area contributed by atoms with Crippen LogP contribution >= 0.6 is 11.8 Å². The Hall–Kier alpha value is -3.22. The van der Waals surface area contributed by atoms with E-state index in [0.29, 0.717) is 23.1 Å². The average molecular weight is 487 g/mol. The van der Waals surface area contributed by atoms with Gasteiger partial charge in [-0.25, -0.2) is 18.5 Å². The number of sulfonamides is 1. The van der Waals surface area contributed by atoms with Crippen molar-refractivity contribution in [2.24, 2.45) is 5.14 Å². The second kappa shape index (κ2) is 9.73. The third-order valence-electron chi connectivity index (χ3n) is 4.77. The highest BCUT2D eigenvalue weighted by molar-refractivity contribution is 7.99. The van der Waals surface area contributed by atoms with Crippen LogP contribution in [0.15, 0.2) is 63.0 Å². The minimum atomic E-state index is -3.84. The summed E-state index contributed by atoms with van der Waals surface area (Å²) in [5, 5.41) is 16.3. The summed E-state index contributed by atoms with van der Waals surface area (Å²) in [5.41, 5.74) is 2.04. The Labute approximate surface area is 194 Å². The van der Waals surface area contributed by atoms with Crippen molar-refractivity contribution in [2.45, 2.75) is 36.4 Å². The zero-order valence-electron chi connectivity index (χ0n) is 17.8. The molecule has 0 fully saturated rings. The van der Waals surface area contributed by atoms with E-state index in [1.165, 1.54) is 23.9 Å². The van der Waals surface area contributed by atoms with Crippen molar-refractivity contribution >= 4 is 44.7 Å². The standard InChI is InChI=1S/C21H22N6O4S2/c1-2-3-11-27-17-10-9-15(33(22,29)30)12-16(17)23-21(27)32-13-18(28)24-20-26-25-19(31-20)14-7-5-4-6-8-14/h4-10,12H,2-3,11,13H2,1H3,(H2,22,29,30)(H,24,26,28). The van der Waals surface area contributed by atoms with E-state index < -0.39 is 10.0 Å². The van der Waals surface area contributed by atoms with Gasteiger partial charge in [0.15, 0.2) is 5.16 Å². The fourth-order valence-corrected chi connectivity index (χ4v) is 4.54. The number of thioether (sulfide) groups is 1. The first-order valence-electron chi connectivity index (χ1n) is 10.2. The molecule has 0 aliphatic heterocycles. The molecule has 0 spiro atoms. The van der Waals surface area contributed by atoms with Crippen molar-refractivity contribution in [1.29, 1.82) is 0 Å². The van der Waals surface area contributed by atoms with Gasteiger partial charge in [0.05, 0.1) is 21.7 Å². The van der Waals surface area contributed by atoms with Crippen LogP contribution < -0.4 is 10.5 Å². The molecule has 10 nitrogen and oxygen atoms in total. The molecule has 0 saturated heterocycles. The molecule has 2 heterocycles. The Kier molecular flexibility index (Phi) is 6.77. The van der Waals surface area contributed by atoms with E-state index in [1.54, 1.807) is 6.07 Å². The van der Waals surface area contributed by atoms with Crippen LogP contribution in [0.25, 0.3) is 22.5 Å². The Bertz CT molecular complexity index is 1380. The number of hydrogen-bond acceptors (Lipinski definition) is 8. The highest BCUT2D eigenvalue weighted by atomic mass is 32.2. The Morgan fingerprint density at radius 3 is 2.70 bits per heavy atom. The molecule has 2 aromatic carbocycles. The van der Waals surface area contributed by atoms with Crippen LogP contribution in [0.2, 0.25) is 0 Å². The molecule has 0 bridgehead atoms. The van der Waals surface area contributed by atoms with E-state index >= 15 is 0 Å². The molecule has 4 rings (SSSR count). The number of imidazole rings is 1. The lowest BCUT2D eigenvalue weighted by atomic mass is 10.2. The summed E-state index contributed by atoms with van der Waals surface area (Å²) in [6.45, 7) is 2.77. The number of anilines is 1. The van der Waals surface area contributed by atoms with Gasteiger partial charge in [-0.1, -0.05) is 48.4 Å². The number of unbranched alkanes of at least 4 members (excludes halogenated alkanes) is 1. The predicted molar refractivity (Wildman–Crippen MR) is 125 cm³/mol. The fraction of sp³-hybridized carbons (Fsp3) is 0.238. The number of nitrogens with two attached hydrogens (primary N) is 1. The van der Waals surface area contributed by atoms with E-state index in [0.717, 1.165) is 23.9 Å². The van der Waals surface area contributed by atoms with Gasteiger partial charge in [0.25, 0.3) is 0 Å². The number of aryl methyl sites for hydroxylation is 1. The molecule has 0 atom stereocenters. The lowest BCUT2D eigenvalue weighted by molar-refractivity contribution is -0.113. The van der Waals surface area contributed by atoms with E-state index in [4.69, 9.17) is 9.56 Å². The predicted octanol–water partition coefficient (Wildman–Crippen LogP) is 3.26. The maximum absolute atomic E-state index is 12.5. The summed E-state index contributed by atoms with van der Waals surface area (Å²) < 4.78 is 30.9. The number of benzene rings is 2. The van der Waals surface area contributed by atoms with Gasteiger partial charge in [0, 0.05) is 12.1 Å². The number of carbonyl (C=O) groups is 1. The van der Waals surface area contributed by atoms with Crippen LogP contribution in [-0.4, -0.2) is 39.8 Å². The number of hydrogen-bond donors (Lipinski definition) is 2. The molecule has 0 unspecified atom stereocenters. The van der Waals surface area contributed by atoms with Gasteiger partial charge in [-0.15, -0.1) is 5.10 Å². The molecular weight excluding hydrogens is 464 g/mol. The highest BCUT2D eigenvalue weighted by Gasteiger charge is 2.17. The number of carbonyl (C=O) groups excluding carboxylic acids is 1. The number of rotatable bonds is 9. The van der Waals surface area contributed by atoms with Crippen molar-refractivity contribution in [3.8, 4) is 11.5 Å². The molecular formula is C21H22N6O4S2. The first kappa shape index (κ1) is 23.0. The van der Waals surface area contributed by atoms with Gasteiger partial charge in [-0.2, -0.15) is 0 Å². The first-order chi connectivity index (χ1) is 15.8. The van der Waals surface area contributed by atoms with Crippen LogP contribution in [-0.2, 0) is 21.4 Å². The van der Waals surface area contributed by atoms with Crippen molar-refractivity contribution < 1.29 is 17.6 Å². The molecule has 12 heteroatoms. The number of amides is 1. The number of nitrogens with zero attached hydrogens (tertiary/aromatic N) is 4. The number of nitrogens with one attached hydrogen (secondary N) is 1. The first-order valence-corrected chi connectivity index (χ1v) is 12.7. The highest BCUT2D eigenvalue weighted by Crippen LogP contribution is 2.27. The summed E-state index contributed by atoms with van der Waals surface area (Å²) in [6.07, 6.45) is 1.88. The number of fused-ring (bicyclic) bond motifs is 1. The van der Waals surface area contributed by atoms with Crippen LogP contribution in [0.4, 0.5) is 6.01 Å². The smallest absolute Gasteiger partial charge is 0.322 e. The van der Waals surface area contributed by atoms with Gasteiger partial charge in [-0.05, 0) is 36.8 Å². The lowest BCUT2D eigenvalue weighted by Crippen LogP contribution is -2.15. The Morgan fingerprint density at radius 1 is 1.18 bits per heavy atom. The summed E-state index contributed by atoms with van der Waals surface area (Å²) in [5.74, 6) is 0.0359. The van der Waals surface area contributed by atoms with Crippen LogP contribution in [0.1, 0.15) is 19.8 Å². The summed E-state index contributed by atoms with van der Waals surface area (Å²) >= 11 is 1.24. The monoisotopic (exact) mass is 486 g/mol. The quantitative estimate of drug-likeness (QED) is 0.343. The molecule has 0 saturated carbocycles. The van der Waals surface area contributed by atoms with E-state index in [2.05, 4.69) is 27.4 Å². The van der Waals surface area contributed by atoms with Crippen molar-refractivity contribution in [1.82, 2.24) is 19.7 Å². The van der Waals surface area contributed by atoms with Crippen LogP contribution in [0, 0.1) is 0 Å². The van der Waals surface area contributed by atoms with Gasteiger partial charge >= 0.3 is 6.01 Å². The topological polar surface area (TPSA) is 146 Å². The molecule has 2 aromatic heterocycles. The largest absolute Gasteiger partial charge is 0.403 e. The van der Waals surface area contributed by atoms with Gasteiger partial charge in [-0.3, -0.25) is 10.1 Å². The summed E-state index contributed by atoms with van der Waals surface area (Å²) in [6, 6.07) is 13.8. The Morgan fingerprint density at radius 2 is 1.97 bits per heavy atom. The maximum Gasteiger partial charge on any atom is 0.322 e. The van der Waals surface area contributed by atoms with Crippen molar-refractivity contribution in [3.05, 3.63) is 48.5 Å². The summed E-state index contributed by atoms with van der Waals surface area (Å²) in [7, 11) is -3.84. The van der Waals surface area contributed by atoms with Gasteiger partial charge in [0.2, 0.25) is 21.8 Å². The molecule has 0 aliphatic carbocycles. The minimum Gasteiger partial charge on any atom is -0.403 e. The third kappa shape index (κ3) is 5.41. The molecule has 172 valence electrons. The van der Waals surface area contributed by atoms with Crippen molar-refractivity contribution in [2.75, 3.05) is 11.1 Å². The van der Waals surface area contributed by atoms with Crippen LogP contribution in [0.5, 0.6) is 0 Å². The molecule has 33 heavy (non-hydrogen) atoms. The third-order valence-corrected chi connectivity index (χ3v) is 6.66. The van der Waals surface area contributed by atoms with Gasteiger partial charge < -0.3 is 8.98 Å².